The summed E-state index contributed by atoms with van der Waals surface area (Å²) in [6.45, 7) is -0.254. The van der Waals surface area contributed by atoms with Crippen LogP contribution in [0.15, 0.2) is 42.5 Å². The van der Waals surface area contributed by atoms with E-state index in [1.165, 1.54) is 6.08 Å². The Morgan fingerprint density at radius 3 is 2.71 bits per heavy atom. The van der Waals surface area contributed by atoms with Crippen LogP contribution >= 0.6 is 0 Å². The largest absolute Gasteiger partial charge is 0.497 e. The van der Waals surface area contributed by atoms with E-state index in [0.717, 1.165) is 22.1 Å². The van der Waals surface area contributed by atoms with Gasteiger partial charge in [0.05, 0.1) is 13.7 Å². The number of hydrogen-bond donors (Lipinski definition) is 1. The van der Waals surface area contributed by atoms with Crippen LogP contribution < -0.4 is 10.1 Å². The summed E-state index contributed by atoms with van der Waals surface area (Å²) in [4.78, 5) is 22.9. The Hall–Kier alpha value is -3.26. The summed E-state index contributed by atoms with van der Waals surface area (Å²) in [6, 6.07) is 11.5. The van der Waals surface area contributed by atoms with E-state index >= 15 is 0 Å². The van der Waals surface area contributed by atoms with Gasteiger partial charge in [0, 0.05) is 6.08 Å². The van der Waals surface area contributed by atoms with Gasteiger partial charge in [-0.1, -0.05) is 24.1 Å². The molecule has 0 aliphatic heterocycles. The van der Waals surface area contributed by atoms with Crippen molar-refractivity contribution in [1.29, 1.82) is 0 Å². The third kappa shape index (κ3) is 4.89. The van der Waals surface area contributed by atoms with Crippen LogP contribution in [0.3, 0.4) is 0 Å². The molecule has 2 aromatic carbocycles. The fourth-order valence-electron chi connectivity index (χ4n) is 2.02. The van der Waals surface area contributed by atoms with Crippen molar-refractivity contribution in [3.05, 3.63) is 48.0 Å². The molecule has 0 spiro atoms. The van der Waals surface area contributed by atoms with Crippen LogP contribution in [0.25, 0.3) is 16.8 Å². The molecule has 0 atom stereocenters. The lowest BCUT2D eigenvalue weighted by molar-refractivity contribution is -0.143. The van der Waals surface area contributed by atoms with Gasteiger partial charge in [-0.05, 0) is 40.6 Å². The Morgan fingerprint density at radius 1 is 1.21 bits per heavy atom. The van der Waals surface area contributed by atoms with Gasteiger partial charge in [-0.25, -0.2) is 4.79 Å². The van der Waals surface area contributed by atoms with Gasteiger partial charge in [0.25, 0.3) is 5.91 Å². The molecule has 122 valence electrons. The molecule has 5 nitrogen and oxygen atoms in total. The number of nitrogens with one attached hydrogen (secondary N) is 1. The first-order valence-corrected chi connectivity index (χ1v) is 7.25. The van der Waals surface area contributed by atoms with Crippen molar-refractivity contribution in [1.82, 2.24) is 5.32 Å². The van der Waals surface area contributed by atoms with Crippen LogP contribution in [-0.2, 0) is 14.3 Å². The Kier molecular flexibility index (Phi) is 5.98. The number of carbonyl (C=O) groups is 2. The third-order valence-electron chi connectivity index (χ3n) is 3.22. The molecule has 2 rings (SSSR count). The maximum absolute atomic E-state index is 11.6. The molecular weight excluding hydrogens is 306 g/mol. The summed E-state index contributed by atoms with van der Waals surface area (Å²) >= 11 is 0. The second kappa shape index (κ2) is 8.39. The molecule has 0 unspecified atom stereocenters. The molecule has 1 amide bonds. The van der Waals surface area contributed by atoms with E-state index in [0.29, 0.717) is 0 Å². The molecule has 0 aromatic heterocycles. The molecule has 0 saturated carbocycles. The zero-order chi connectivity index (χ0) is 17.4. The first-order valence-electron chi connectivity index (χ1n) is 7.25. The zero-order valence-electron chi connectivity index (χ0n) is 13.2. The maximum atomic E-state index is 11.6. The monoisotopic (exact) mass is 323 g/mol. The maximum Gasteiger partial charge on any atom is 0.331 e. The predicted octanol–water partition coefficient (Wildman–Crippen LogP) is 2.15. The standard InChI is InChI=1S/C19H17NO4/c1-3-10-20-18(21)13-24-19(22)9-5-14-4-6-16-12-17(23-2)8-7-15(16)11-14/h1,4-9,11-12H,10,13H2,2H3,(H,20,21)/b9-5+. The minimum absolute atomic E-state index is 0.105. The number of carbonyl (C=O) groups excluding carboxylic acids is 2. The minimum atomic E-state index is -0.597. The van der Waals surface area contributed by atoms with Gasteiger partial charge in [-0.3, -0.25) is 4.79 Å². The molecule has 0 heterocycles. The van der Waals surface area contributed by atoms with Crippen LogP contribution in [0.5, 0.6) is 5.75 Å². The van der Waals surface area contributed by atoms with Crippen molar-refractivity contribution in [2.45, 2.75) is 0 Å². The van der Waals surface area contributed by atoms with Crippen molar-refractivity contribution in [3.8, 4) is 18.1 Å². The van der Waals surface area contributed by atoms with Crippen molar-refractivity contribution in [3.63, 3.8) is 0 Å². The van der Waals surface area contributed by atoms with Crippen LogP contribution in [0.1, 0.15) is 5.56 Å². The third-order valence-corrected chi connectivity index (χ3v) is 3.22. The Balaban J connectivity index is 1.96. The molecule has 0 fully saturated rings. The van der Waals surface area contributed by atoms with E-state index in [-0.39, 0.29) is 13.2 Å². The normalized spacial score (nSPS) is 10.3. The van der Waals surface area contributed by atoms with Gasteiger partial charge in [0.1, 0.15) is 5.75 Å². The fraction of sp³-hybridized carbons (Fsp3) is 0.158. The van der Waals surface area contributed by atoms with Crippen molar-refractivity contribution < 1.29 is 19.1 Å². The molecule has 24 heavy (non-hydrogen) atoms. The number of amides is 1. The Labute approximate surface area is 140 Å². The summed E-state index contributed by atoms with van der Waals surface area (Å²) in [5.74, 6) is 2.02. The lowest BCUT2D eigenvalue weighted by Crippen LogP contribution is -2.28. The van der Waals surface area contributed by atoms with E-state index in [4.69, 9.17) is 15.9 Å². The summed E-state index contributed by atoms with van der Waals surface area (Å²) in [5, 5.41) is 4.47. The lowest BCUT2D eigenvalue weighted by Gasteiger charge is -2.04. The van der Waals surface area contributed by atoms with Crippen molar-refractivity contribution in [2.75, 3.05) is 20.3 Å². The average Bonchev–Trinajstić information content (AvgIpc) is 2.62. The van der Waals surface area contributed by atoms with E-state index in [1.54, 1.807) is 13.2 Å². The molecule has 0 saturated heterocycles. The number of methoxy groups -OCH3 is 1. The van der Waals surface area contributed by atoms with Crippen LogP contribution in [0.2, 0.25) is 0 Å². The number of rotatable bonds is 6. The van der Waals surface area contributed by atoms with Crippen molar-refractivity contribution in [2.24, 2.45) is 0 Å². The fourth-order valence-corrected chi connectivity index (χ4v) is 2.02. The van der Waals surface area contributed by atoms with Gasteiger partial charge in [0.15, 0.2) is 6.61 Å². The van der Waals surface area contributed by atoms with Crippen LogP contribution in [0.4, 0.5) is 0 Å². The summed E-state index contributed by atoms with van der Waals surface area (Å²) < 4.78 is 10.0. The summed E-state index contributed by atoms with van der Waals surface area (Å²) in [5.41, 5.74) is 0.849. The van der Waals surface area contributed by atoms with Gasteiger partial charge in [0.2, 0.25) is 0 Å². The van der Waals surface area contributed by atoms with E-state index < -0.39 is 11.9 Å². The lowest BCUT2D eigenvalue weighted by atomic mass is 10.1. The average molecular weight is 323 g/mol. The van der Waals surface area contributed by atoms with E-state index in [2.05, 4.69) is 11.2 Å². The highest BCUT2D eigenvalue weighted by Crippen LogP contribution is 2.22. The van der Waals surface area contributed by atoms with Crippen LogP contribution in [-0.4, -0.2) is 32.1 Å². The Morgan fingerprint density at radius 2 is 1.96 bits per heavy atom. The number of ether oxygens (including phenoxy) is 2. The Bertz CT molecular complexity index is 818. The minimum Gasteiger partial charge on any atom is -0.497 e. The van der Waals surface area contributed by atoms with E-state index in [9.17, 15) is 9.59 Å². The van der Waals surface area contributed by atoms with Gasteiger partial charge < -0.3 is 14.8 Å². The highest BCUT2D eigenvalue weighted by atomic mass is 16.5. The highest BCUT2D eigenvalue weighted by Gasteiger charge is 2.04. The number of benzene rings is 2. The molecule has 0 aliphatic rings. The first-order chi connectivity index (χ1) is 11.6. The molecule has 0 radical (unpaired) electrons. The second-order valence-electron chi connectivity index (χ2n) is 4.89. The number of terminal acetylenes is 1. The summed E-state index contributed by atoms with van der Waals surface area (Å²) in [6.07, 6.45) is 7.92. The predicted molar refractivity (Wildman–Crippen MR) is 92.3 cm³/mol. The van der Waals surface area contributed by atoms with Gasteiger partial charge in [-0.15, -0.1) is 6.42 Å². The van der Waals surface area contributed by atoms with Gasteiger partial charge in [-0.2, -0.15) is 0 Å². The first kappa shape index (κ1) is 17.1. The number of esters is 1. The molecule has 0 bridgehead atoms. The molecule has 2 aromatic rings. The summed E-state index contributed by atoms with van der Waals surface area (Å²) in [7, 11) is 1.62. The SMILES string of the molecule is C#CCNC(=O)COC(=O)/C=C/c1ccc2cc(OC)ccc2c1. The zero-order valence-corrected chi connectivity index (χ0v) is 13.2. The second-order valence-corrected chi connectivity index (χ2v) is 4.89. The van der Waals surface area contributed by atoms with Crippen molar-refractivity contribution >= 4 is 28.7 Å². The topological polar surface area (TPSA) is 64.6 Å². The molecule has 1 N–H and O–H groups in total. The van der Waals surface area contributed by atoms with Gasteiger partial charge >= 0.3 is 5.97 Å². The van der Waals surface area contributed by atoms with E-state index in [1.807, 2.05) is 36.4 Å². The highest BCUT2D eigenvalue weighted by molar-refractivity contribution is 5.91. The number of hydrogen-bond acceptors (Lipinski definition) is 4. The molecule has 5 heteroatoms. The quantitative estimate of drug-likeness (QED) is 0.503. The smallest absolute Gasteiger partial charge is 0.331 e. The molecular formula is C19H17NO4. The van der Waals surface area contributed by atoms with Crippen LogP contribution in [0, 0.1) is 12.3 Å². The number of fused-ring (bicyclic) bond motifs is 1. The molecule has 0 aliphatic carbocycles.